The summed E-state index contributed by atoms with van der Waals surface area (Å²) in [7, 11) is 3.81. The maximum Gasteiger partial charge on any atom is 0.319 e. The zero-order chi connectivity index (χ0) is 23.1. The average molecular weight is 439 g/mol. The maximum absolute atomic E-state index is 13.8. The molecular weight excluding hydrogens is 411 g/mol. The minimum absolute atomic E-state index is 0.212. The number of furan rings is 1. The number of rotatable bonds is 8. The fraction of sp³-hybridized carbons (Fsp3) is 0.250. The molecule has 0 radical (unpaired) electrons. The molecule has 0 bridgehead atoms. The zero-order valence-corrected chi connectivity index (χ0v) is 18.4. The monoisotopic (exact) mass is 438 g/mol. The van der Waals surface area contributed by atoms with Crippen LogP contribution in [0, 0.1) is 5.82 Å². The molecule has 0 unspecified atom stereocenters. The normalized spacial score (nSPS) is 10.5. The Hall–Kier alpha value is -3.81. The standard InChI is InChI=1S/C24H27FN4O3/c1-4-26-24(31)27-20-10-11-22(28(2)3)18(14-20)15-29(16-21-9-6-12-32-21)23(30)17-7-5-8-19(25)13-17/h5-14H,4,15-16H2,1-3H3,(H2,26,27,31). The number of carbonyl (C=O) groups excluding carboxylic acids is 2. The lowest BCUT2D eigenvalue weighted by molar-refractivity contribution is 0.0717. The lowest BCUT2D eigenvalue weighted by atomic mass is 10.1. The second-order valence-corrected chi connectivity index (χ2v) is 7.47. The van der Waals surface area contributed by atoms with Crippen molar-refractivity contribution < 1.29 is 18.4 Å². The van der Waals surface area contributed by atoms with E-state index in [1.165, 1.54) is 18.2 Å². The van der Waals surface area contributed by atoms with Gasteiger partial charge in [-0.3, -0.25) is 4.79 Å². The van der Waals surface area contributed by atoms with E-state index in [1.54, 1.807) is 35.4 Å². The Bertz CT molecular complexity index is 1070. The van der Waals surface area contributed by atoms with Crippen LogP contribution in [0.3, 0.4) is 0 Å². The summed E-state index contributed by atoms with van der Waals surface area (Å²) in [5.74, 6) is -0.193. The SMILES string of the molecule is CCNC(=O)Nc1ccc(N(C)C)c(CN(Cc2ccco2)C(=O)c2cccc(F)c2)c1. The highest BCUT2D eigenvalue weighted by molar-refractivity contribution is 5.94. The predicted molar refractivity (Wildman–Crippen MR) is 122 cm³/mol. The number of carbonyl (C=O) groups is 2. The van der Waals surface area contributed by atoms with Gasteiger partial charge in [0.2, 0.25) is 0 Å². The smallest absolute Gasteiger partial charge is 0.319 e. The van der Waals surface area contributed by atoms with Gasteiger partial charge in [-0.25, -0.2) is 9.18 Å². The van der Waals surface area contributed by atoms with Gasteiger partial charge in [-0.2, -0.15) is 0 Å². The number of benzene rings is 2. The van der Waals surface area contributed by atoms with Crippen LogP contribution in [0.25, 0.3) is 0 Å². The van der Waals surface area contributed by atoms with Gasteiger partial charge < -0.3 is 24.9 Å². The first kappa shape index (κ1) is 22.9. The summed E-state index contributed by atoms with van der Waals surface area (Å²) in [6.45, 7) is 2.79. The van der Waals surface area contributed by atoms with Crippen LogP contribution in [0.2, 0.25) is 0 Å². The van der Waals surface area contributed by atoms with E-state index in [2.05, 4.69) is 10.6 Å². The second-order valence-electron chi connectivity index (χ2n) is 7.47. The minimum Gasteiger partial charge on any atom is -0.467 e. The summed E-state index contributed by atoms with van der Waals surface area (Å²) in [5.41, 5.74) is 2.57. The number of anilines is 2. The van der Waals surface area contributed by atoms with E-state index < -0.39 is 5.82 Å². The Balaban J connectivity index is 1.94. The predicted octanol–water partition coefficient (Wildman–Crippen LogP) is 4.47. The summed E-state index contributed by atoms with van der Waals surface area (Å²) in [6.07, 6.45) is 1.54. The Kier molecular flexibility index (Phi) is 7.49. The van der Waals surface area contributed by atoms with Crippen LogP contribution in [-0.2, 0) is 13.1 Å². The molecular formula is C24H27FN4O3. The van der Waals surface area contributed by atoms with Crippen LogP contribution in [-0.4, -0.2) is 37.5 Å². The molecule has 0 atom stereocenters. The van der Waals surface area contributed by atoms with Crippen molar-refractivity contribution >= 4 is 23.3 Å². The van der Waals surface area contributed by atoms with Crippen molar-refractivity contribution in [3.05, 3.63) is 83.6 Å². The zero-order valence-electron chi connectivity index (χ0n) is 18.4. The molecule has 0 saturated carbocycles. The van der Waals surface area contributed by atoms with E-state index in [4.69, 9.17) is 4.42 Å². The summed E-state index contributed by atoms with van der Waals surface area (Å²) in [5, 5.41) is 5.49. The molecule has 32 heavy (non-hydrogen) atoms. The van der Waals surface area contributed by atoms with Crippen molar-refractivity contribution in [2.24, 2.45) is 0 Å². The summed E-state index contributed by atoms with van der Waals surface area (Å²) >= 11 is 0. The molecule has 1 aromatic heterocycles. The molecule has 2 N–H and O–H groups in total. The number of hydrogen-bond donors (Lipinski definition) is 2. The highest BCUT2D eigenvalue weighted by Crippen LogP contribution is 2.26. The first-order valence-corrected chi connectivity index (χ1v) is 10.3. The van der Waals surface area contributed by atoms with Crippen LogP contribution in [0.15, 0.2) is 65.3 Å². The molecule has 0 aliphatic heterocycles. The molecule has 7 nitrogen and oxygen atoms in total. The van der Waals surface area contributed by atoms with Gasteiger partial charge >= 0.3 is 6.03 Å². The van der Waals surface area contributed by atoms with E-state index in [9.17, 15) is 14.0 Å². The topological polar surface area (TPSA) is 77.8 Å². The van der Waals surface area contributed by atoms with Crippen molar-refractivity contribution in [2.45, 2.75) is 20.0 Å². The molecule has 0 saturated heterocycles. The molecule has 0 aliphatic rings. The van der Waals surface area contributed by atoms with Crippen molar-refractivity contribution in [2.75, 3.05) is 30.9 Å². The first-order chi connectivity index (χ1) is 15.4. The fourth-order valence-electron chi connectivity index (χ4n) is 3.36. The van der Waals surface area contributed by atoms with Gasteiger partial charge in [0.15, 0.2) is 0 Å². The molecule has 168 valence electrons. The summed E-state index contributed by atoms with van der Waals surface area (Å²) in [4.78, 5) is 28.8. The molecule has 3 aromatic rings. The van der Waals surface area contributed by atoms with Crippen LogP contribution in [0.5, 0.6) is 0 Å². The maximum atomic E-state index is 13.8. The molecule has 0 fully saturated rings. The van der Waals surface area contributed by atoms with Crippen molar-refractivity contribution in [3.8, 4) is 0 Å². The largest absolute Gasteiger partial charge is 0.467 e. The molecule has 1 heterocycles. The highest BCUT2D eigenvalue weighted by Gasteiger charge is 2.20. The molecule has 3 amide bonds. The van der Waals surface area contributed by atoms with E-state index in [-0.39, 0.29) is 30.6 Å². The Morgan fingerprint density at radius 1 is 1.03 bits per heavy atom. The second kappa shape index (κ2) is 10.5. The van der Waals surface area contributed by atoms with Crippen LogP contribution in [0.1, 0.15) is 28.6 Å². The average Bonchev–Trinajstić information content (AvgIpc) is 3.26. The Morgan fingerprint density at radius 2 is 1.84 bits per heavy atom. The molecule has 8 heteroatoms. The summed E-state index contributed by atoms with van der Waals surface area (Å²) in [6, 6.07) is 14.4. The van der Waals surface area contributed by atoms with E-state index >= 15 is 0 Å². The van der Waals surface area contributed by atoms with Gasteiger partial charge in [0.05, 0.1) is 12.8 Å². The van der Waals surface area contributed by atoms with Gasteiger partial charge in [0, 0.05) is 44.1 Å². The van der Waals surface area contributed by atoms with Gasteiger partial charge in [0.25, 0.3) is 5.91 Å². The third-order valence-electron chi connectivity index (χ3n) is 4.80. The third kappa shape index (κ3) is 5.87. The number of nitrogens with one attached hydrogen (secondary N) is 2. The van der Waals surface area contributed by atoms with Crippen molar-refractivity contribution in [3.63, 3.8) is 0 Å². The lowest BCUT2D eigenvalue weighted by Crippen LogP contribution is -2.31. The minimum atomic E-state index is -0.476. The van der Waals surface area contributed by atoms with Crippen LogP contribution >= 0.6 is 0 Å². The number of halogens is 1. The fourth-order valence-corrected chi connectivity index (χ4v) is 3.36. The Labute approximate surface area is 186 Å². The summed E-state index contributed by atoms with van der Waals surface area (Å²) < 4.78 is 19.2. The van der Waals surface area contributed by atoms with E-state index in [0.29, 0.717) is 18.0 Å². The van der Waals surface area contributed by atoms with Gasteiger partial charge in [0.1, 0.15) is 11.6 Å². The van der Waals surface area contributed by atoms with Crippen molar-refractivity contribution in [1.82, 2.24) is 10.2 Å². The van der Waals surface area contributed by atoms with Crippen molar-refractivity contribution in [1.29, 1.82) is 0 Å². The molecule has 0 aliphatic carbocycles. The molecule has 3 rings (SSSR count). The highest BCUT2D eigenvalue weighted by atomic mass is 19.1. The number of nitrogens with zero attached hydrogens (tertiary/aromatic N) is 2. The first-order valence-electron chi connectivity index (χ1n) is 10.3. The van der Waals surface area contributed by atoms with Gasteiger partial charge in [-0.15, -0.1) is 0 Å². The van der Waals surface area contributed by atoms with E-state index in [1.807, 2.05) is 38.1 Å². The van der Waals surface area contributed by atoms with Gasteiger partial charge in [-0.1, -0.05) is 6.07 Å². The van der Waals surface area contributed by atoms with Crippen LogP contribution in [0.4, 0.5) is 20.6 Å². The number of hydrogen-bond acceptors (Lipinski definition) is 4. The van der Waals surface area contributed by atoms with Crippen LogP contribution < -0.4 is 15.5 Å². The quantitative estimate of drug-likeness (QED) is 0.544. The van der Waals surface area contributed by atoms with Gasteiger partial charge in [-0.05, 0) is 61.0 Å². The van der Waals surface area contributed by atoms with E-state index in [0.717, 1.165) is 11.3 Å². The molecule has 2 aromatic carbocycles. The third-order valence-corrected chi connectivity index (χ3v) is 4.80. The Morgan fingerprint density at radius 3 is 2.50 bits per heavy atom. The molecule has 0 spiro atoms. The lowest BCUT2D eigenvalue weighted by Gasteiger charge is -2.26. The number of amides is 3. The number of urea groups is 1.